The average molecular weight is 717 g/mol. The van der Waals surface area contributed by atoms with E-state index in [1.54, 1.807) is 0 Å². The second-order valence-electron chi connectivity index (χ2n) is 10.4. The normalized spacial score (nSPS) is 12.0. The van der Waals surface area contributed by atoms with Crippen LogP contribution in [0.15, 0.2) is 81.1 Å². The predicted octanol–water partition coefficient (Wildman–Crippen LogP) is 4.19. The topological polar surface area (TPSA) is 247 Å². The number of hydrogen-bond acceptors (Lipinski definition) is 16. The third-order valence-electron chi connectivity index (χ3n) is 6.89. The molecular weight excluding hydrogens is 684 g/mol. The standard InChI is InChI=1S/C34H32N6O12/c1-17(41)27(39-37-25-13-7-19(31(45)49-3)15-23(25)33(47)51-5)29(43)35-21-9-11-22(12-10-21)36-30(44)28(18(2)42)40-38-26-14-8-20(32(46)50-4)16-24(26)34(48)52-6/h7-16,27-28H,1-6H3,(H,35,43)(H,36,44). The first-order valence-corrected chi connectivity index (χ1v) is 14.9. The first kappa shape index (κ1) is 39.5. The van der Waals surface area contributed by atoms with E-state index in [0.717, 1.165) is 42.3 Å². The molecule has 0 spiro atoms. The number of nitrogens with one attached hydrogen (secondary N) is 2. The van der Waals surface area contributed by atoms with Crippen LogP contribution in [0.5, 0.6) is 0 Å². The minimum absolute atomic E-state index is 0.0294. The van der Waals surface area contributed by atoms with Gasteiger partial charge in [0.2, 0.25) is 12.1 Å². The highest BCUT2D eigenvalue weighted by atomic mass is 16.5. The fraction of sp³-hybridized carbons (Fsp3) is 0.235. The lowest BCUT2D eigenvalue weighted by molar-refractivity contribution is -0.127. The molecule has 18 nitrogen and oxygen atoms in total. The van der Waals surface area contributed by atoms with E-state index in [9.17, 15) is 38.4 Å². The molecule has 0 aliphatic heterocycles. The zero-order valence-electron chi connectivity index (χ0n) is 28.6. The van der Waals surface area contributed by atoms with Crippen LogP contribution < -0.4 is 10.6 Å². The molecule has 2 amide bonds. The predicted molar refractivity (Wildman–Crippen MR) is 180 cm³/mol. The van der Waals surface area contributed by atoms with Gasteiger partial charge in [0.15, 0.2) is 11.6 Å². The van der Waals surface area contributed by atoms with E-state index in [0.29, 0.717) is 0 Å². The number of anilines is 2. The maximum atomic E-state index is 13.0. The number of carbonyl (C=O) groups excluding carboxylic acids is 8. The maximum Gasteiger partial charge on any atom is 0.340 e. The van der Waals surface area contributed by atoms with Crippen molar-refractivity contribution in [3.8, 4) is 0 Å². The molecule has 0 heterocycles. The van der Waals surface area contributed by atoms with Gasteiger partial charge in [-0.05, 0) is 74.5 Å². The molecular formula is C34H32N6O12. The summed E-state index contributed by atoms with van der Waals surface area (Å²) in [5, 5.41) is 20.4. The minimum atomic E-state index is -1.64. The van der Waals surface area contributed by atoms with E-state index < -0.39 is 59.3 Å². The van der Waals surface area contributed by atoms with Crippen LogP contribution in [0.1, 0.15) is 55.3 Å². The van der Waals surface area contributed by atoms with Crippen molar-refractivity contribution in [3.05, 3.63) is 82.9 Å². The number of carbonyl (C=O) groups is 8. The van der Waals surface area contributed by atoms with Gasteiger partial charge in [0.1, 0.15) is 0 Å². The molecule has 3 rings (SSSR count). The van der Waals surface area contributed by atoms with Gasteiger partial charge in [-0.2, -0.15) is 20.5 Å². The van der Waals surface area contributed by atoms with E-state index in [1.165, 1.54) is 60.7 Å². The lowest BCUT2D eigenvalue weighted by Crippen LogP contribution is -2.32. The molecule has 270 valence electrons. The van der Waals surface area contributed by atoms with Gasteiger partial charge >= 0.3 is 23.9 Å². The van der Waals surface area contributed by atoms with Crippen LogP contribution in [-0.2, 0) is 38.1 Å². The zero-order valence-corrected chi connectivity index (χ0v) is 28.6. The fourth-order valence-corrected chi connectivity index (χ4v) is 4.22. The molecule has 0 aromatic heterocycles. The van der Waals surface area contributed by atoms with Gasteiger partial charge < -0.3 is 29.6 Å². The average Bonchev–Trinajstić information content (AvgIpc) is 3.14. The van der Waals surface area contributed by atoms with E-state index in [4.69, 9.17) is 9.47 Å². The van der Waals surface area contributed by atoms with Crippen LogP contribution in [0.2, 0.25) is 0 Å². The number of azo groups is 2. The van der Waals surface area contributed by atoms with Crippen molar-refractivity contribution in [3.63, 3.8) is 0 Å². The lowest BCUT2D eigenvalue weighted by atomic mass is 10.1. The van der Waals surface area contributed by atoms with E-state index in [2.05, 4.69) is 40.6 Å². The number of ketones is 2. The number of hydrogen-bond donors (Lipinski definition) is 2. The number of amides is 2. The number of nitrogens with zero attached hydrogens (tertiary/aromatic N) is 4. The minimum Gasteiger partial charge on any atom is -0.465 e. The Morgan fingerprint density at radius 1 is 0.500 bits per heavy atom. The van der Waals surface area contributed by atoms with Crippen LogP contribution in [0.3, 0.4) is 0 Å². The highest BCUT2D eigenvalue weighted by molar-refractivity contribution is 6.11. The number of methoxy groups -OCH3 is 4. The Hall–Kier alpha value is -6.98. The first-order valence-electron chi connectivity index (χ1n) is 14.9. The summed E-state index contributed by atoms with van der Waals surface area (Å²) in [6.45, 7) is 2.22. The number of benzene rings is 3. The second-order valence-corrected chi connectivity index (χ2v) is 10.4. The van der Waals surface area contributed by atoms with Gasteiger partial charge in [-0.25, -0.2) is 19.2 Å². The Kier molecular flexibility index (Phi) is 13.8. The summed E-state index contributed by atoms with van der Waals surface area (Å²) in [4.78, 5) is 98.9. The van der Waals surface area contributed by atoms with Crippen molar-refractivity contribution < 1.29 is 57.3 Å². The summed E-state index contributed by atoms with van der Waals surface area (Å²) in [6.07, 6.45) is 0. The monoisotopic (exact) mass is 716 g/mol. The molecule has 0 radical (unpaired) electrons. The Balaban J connectivity index is 1.75. The first-order chi connectivity index (χ1) is 24.7. The van der Waals surface area contributed by atoms with Gasteiger partial charge in [0.05, 0.1) is 62.1 Å². The van der Waals surface area contributed by atoms with Crippen molar-refractivity contribution in [2.45, 2.75) is 25.9 Å². The van der Waals surface area contributed by atoms with Crippen LogP contribution in [0.4, 0.5) is 22.7 Å². The summed E-state index contributed by atoms with van der Waals surface area (Å²) < 4.78 is 18.7. The van der Waals surface area contributed by atoms with Gasteiger partial charge in [0, 0.05) is 11.4 Å². The number of ether oxygens (including phenoxy) is 4. The van der Waals surface area contributed by atoms with Crippen LogP contribution in [0, 0.1) is 0 Å². The molecule has 0 saturated heterocycles. The molecule has 3 aromatic carbocycles. The second kappa shape index (κ2) is 18.1. The summed E-state index contributed by atoms with van der Waals surface area (Å²) in [7, 11) is 4.55. The van der Waals surface area contributed by atoms with Crippen molar-refractivity contribution in [2.75, 3.05) is 39.1 Å². The van der Waals surface area contributed by atoms with Gasteiger partial charge in [-0.1, -0.05) is 0 Å². The van der Waals surface area contributed by atoms with E-state index in [-0.39, 0.29) is 45.0 Å². The third-order valence-corrected chi connectivity index (χ3v) is 6.89. The van der Waals surface area contributed by atoms with Crippen molar-refractivity contribution in [1.82, 2.24) is 0 Å². The summed E-state index contributed by atoms with van der Waals surface area (Å²) >= 11 is 0. The molecule has 18 heteroatoms. The van der Waals surface area contributed by atoms with Gasteiger partial charge in [0.25, 0.3) is 11.8 Å². The van der Waals surface area contributed by atoms with Crippen LogP contribution >= 0.6 is 0 Å². The number of esters is 4. The van der Waals surface area contributed by atoms with Crippen molar-refractivity contribution >= 4 is 70.0 Å². The molecule has 0 fully saturated rings. The molecule has 0 saturated carbocycles. The molecule has 0 aliphatic carbocycles. The third kappa shape index (κ3) is 10.0. The van der Waals surface area contributed by atoms with Crippen LogP contribution in [0.25, 0.3) is 0 Å². The molecule has 2 N–H and O–H groups in total. The molecule has 0 bridgehead atoms. The SMILES string of the molecule is COC(=O)c1ccc(N=NC(C(C)=O)C(=O)Nc2ccc(NC(=O)C(N=Nc3ccc(C(=O)OC)cc3C(=O)OC)C(C)=O)cc2)c(C(=O)OC)c1. The Morgan fingerprint density at radius 3 is 1.12 bits per heavy atom. The molecule has 3 aromatic rings. The molecule has 52 heavy (non-hydrogen) atoms. The zero-order chi connectivity index (χ0) is 38.5. The van der Waals surface area contributed by atoms with E-state index >= 15 is 0 Å². The Morgan fingerprint density at radius 2 is 0.827 bits per heavy atom. The largest absolute Gasteiger partial charge is 0.465 e. The molecule has 2 atom stereocenters. The lowest BCUT2D eigenvalue weighted by Gasteiger charge is -2.12. The Bertz CT molecular complexity index is 1830. The van der Waals surface area contributed by atoms with E-state index in [1.807, 2.05) is 0 Å². The van der Waals surface area contributed by atoms with Crippen molar-refractivity contribution in [2.24, 2.45) is 20.5 Å². The summed E-state index contributed by atoms with van der Waals surface area (Å²) in [5.74, 6) is -6.26. The number of rotatable bonds is 14. The summed E-state index contributed by atoms with van der Waals surface area (Å²) in [6, 6.07) is 9.78. The number of Topliss-reactive ketones (excluding diaryl/α,β-unsaturated/α-hetero) is 2. The van der Waals surface area contributed by atoms with Gasteiger partial charge in [-0.15, -0.1) is 0 Å². The summed E-state index contributed by atoms with van der Waals surface area (Å²) in [5.41, 5.74) is -0.0500. The molecule has 2 unspecified atom stereocenters. The fourth-order valence-electron chi connectivity index (χ4n) is 4.22. The van der Waals surface area contributed by atoms with Gasteiger partial charge in [-0.3, -0.25) is 19.2 Å². The smallest absolute Gasteiger partial charge is 0.340 e. The Labute approximate surface area is 295 Å². The van der Waals surface area contributed by atoms with Crippen LogP contribution in [-0.4, -0.2) is 87.8 Å². The highest BCUT2D eigenvalue weighted by Gasteiger charge is 2.26. The highest BCUT2D eigenvalue weighted by Crippen LogP contribution is 2.25. The van der Waals surface area contributed by atoms with Crippen molar-refractivity contribution in [1.29, 1.82) is 0 Å². The maximum absolute atomic E-state index is 13.0. The quantitative estimate of drug-likeness (QED) is 0.103. The molecule has 0 aliphatic rings.